The first kappa shape index (κ1) is 13.8. The molecule has 1 N–H and O–H groups in total. The van der Waals surface area contributed by atoms with E-state index in [0.717, 1.165) is 4.90 Å². The van der Waals surface area contributed by atoms with Crippen LogP contribution in [-0.4, -0.2) is 52.7 Å². The molecule has 0 spiro atoms. The van der Waals surface area contributed by atoms with Crippen LogP contribution in [0, 0.1) is 11.3 Å². The quantitative estimate of drug-likeness (QED) is 0.596. The Bertz CT molecular complexity index is 716. The smallest absolute Gasteiger partial charge is 0.303 e. The van der Waals surface area contributed by atoms with Crippen molar-refractivity contribution in [2.75, 3.05) is 13.1 Å². The van der Waals surface area contributed by atoms with Gasteiger partial charge in [-0.3, -0.25) is 24.6 Å². The highest BCUT2D eigenvalue weighted by atomic mass is 16.2. The highest BCUT2D eigenvalue weighted by molar-refractivity contribution is 6.22. The molecule has 0 radical (unpaired) electrons. The van der Waals surface area contributed by atoms with E-state index in [4.69, 9.17) is 5.26 Å². The van der Waals surface area contributed by atoms with Crippen LogP contribution < -0.4 is 5.32 Å². The number of amides is 5. The molecule has 2 heterocycles. The van der Waals surface area contributed by atoms with Crippen molar-refractivity contribution in [2.45, 2.75) is 6.04 Å². The van der Waals surface area contributed by atoms with Crippen LogP contribution in [0.3, 0.4) is 0 Å². The van der Waals surface area contributed by atoms with Gasteiger partial charge in [0.25, 0.3) is 11.8 Å². The molecule has 8 nitrogen and oxygen atoms in total. The average Bonchev–Trinajstić information content (AvgIpc) is 3.27. The SMILES string of the molecule is N#CC1CN1C(=O)NC(=O)CN1C(=O)c2ccccc2C1=O. The number of nitriles is 1. The predicted octanol–water partition coefficient (Wildman–Crippen LogP) is -0.273. The van der Waals surface area contributed by atoms with E-state index in [1.165, 1.54) is 17.0 Å². The number of urea groups is 1. The molecule has 2 aliphatic heterocycles. The molecule has 1 saturated heterocycles. The Hall–Kier alpha value is -3.21. The first-order valence-electron chi connectivity index (χ1n) is 6.48. The third kappa shape index (κ3) is 2.18. The Balaban J connectivity index is 1.64. The van der Waals surface area contributed by atoms with E-state index >= 15 is 0 Å². The van der Waals surface area contributed by atoms with Crippen LogP contribution in [0.1, 0.15) is 20.7 Å². The molecule has 3 rings (SSSR count). The maximum absolute atomic E-state index is 12.1. The van der Waals surface area contributed by atoms with Gasteiger partial charge in [0.1, 0.15) is 12.6 Å². The lowest BCUT2D eigenvalue weighted by atomic mass is 10.1. The fourth-order valence-electron chi connectivity index (χ4n) is 2.23. The average molecular weight is 298 g/mol. The highest BCUT2D eigenvalue weighted by Crippen LogP contribution is 2.22. The van der Waals surface area contributed by atoms with E-state index in [1.54, 1.807) is 12.1 Å². The van der Waals surface area contributed by atoms with Gasteiger partial charge in [-0.1, -0.05) is 12.1 Å². The summed E-state index contributed by atoms with van der Waals surface area (Å²) >= 11 is 0. The number of imide groups is 2. The van der Waals surface area contributed by atoms with Gasteiger partial charge in [0, 0.05) is 0 Å². The summed E-state index contributed by atoms with van der Waals surface area (Å²) in [4.78, 5) is 49.5. The van der Waals surface area contributed by atoms with Crippen molar-refractivity contribution >= 4 is 23.8 Å². The molecule has 110 valence electrons. The standard InChI is InChI=1S/C14H10N4O4/c15-5-8-6-17(8)14(22)16-11(19)7-18-12(20)9-3-1-2-4-10(9)13(18)21/h1-4,8H,6-7H2,(H,16,19,22). The second-order valence-corrected chi connectivity index (χ2v) is 4.89. The van der Waals surface area contributed by atoms with E-state index in [9.17, 15) is 19.2 Å². The third-order valence-electron chi connectivity index (χ3n) is 3.45. The lowest BCUT2D eigenvalue weighted by Gasteiger charge is -2.13. The maximum Gasteiger partial charge on any atom is 0.325 e. The van der Waals surface area contributed by atoms with Crippen molar-refractivity contribution in [3.8, 4) is 6.07 Å². The van der Waals surface area contributed by atoms with E-state index in [1.807, 2.05) is 6.07 Å². The molecule has 1 aromatic carbocycles. The number of carbonyl (C=O) groups is 4. The Kier molecular flexibility index (Phi) is 3.10. The van der Waals surface area contributed by atoms with Crippen LogP contribution >= 0.6 is 0 Å². The van der Waals surface area contributed by atoms with Gasteiger partial charge in [-0.05, 0) is 12.1 Å². The first-order chi connectivity index (χ1) is 10.5. The zero-order valence-corrected chi connectivity index (χ0v) is 11.3. The summed E-state index contributed by atoms with van der Waals surface area (Å²) in [6.45, 7) is -0.272. The topological polar surface area (TPSA) is 110 Å². The van der Waals surface area contributed by atoms with Gasteiger partial charge in [-0.25, -0.2) is 4.79 Å². The Labute approximate surface area is 124 Å². The molecule has 2 aliphatic rings. The molecule has 1 fully saturated rings. The zero-order chi connectivity index (χ0) is 15.9. The number of nitrogens with zero attached hydrogens (tertiary/aromatic N) is 3. The van der Waals surface area contributed by atoms with Crippen LogP contribution in [-0.2, 0) is 4.79 Å². The molecule has 0 aromatic heterocycles. The molecule has 1 unspecified atom stereocenters. The lowest BCUT2D eigenvalue weighted by Crippen LogP contribution is -2.44. The summed E-state index contributed by atoms with van der Waals surface area (Å²) in [7, 11) is 0. The minimum atomic E-state index is -0.775. The van der Waals surface area contributed by atoms with Crippen molar-refractivity contribution in [3.05, 3.63) is 35.4 Å². The summed E-state index contributed by atoms with van der Waals surface area (Å²) in [5.41, 5.74) is 0.476. The van der Waals surface area contributed by atoms with Gasteiger partial charge in [0.05, 0.1) is 23.7 Å². The number of hydrogen-bond donors (Lipinski definition) is 1. The maximum atomic E-state index is 12.1. The Morgan fingerprint density at radius 2 is 1.82 bits per heavy atom. The number of nitrogens with one attached hydrogen (secondary N) is 1. The van der Waals surface area contributed by atoms with Crippen molar-refractivity contribution in [3.63, 3.8) is 0 Å². The summed E-state index contributed by atoms with van der Waals surface area (Å²) in [6.07, 6.45) is 0. The molecule has 0 saturated carbocycles. The number of benzene rings is 1. The fraction of sp³-hybridized carbons (Fsp3) is 0.214. The molecular weight excluding hydrogens is 288 g/mol. The summed E-state index contributed by atoms with van der Waals surface area (Å²) in [5.74, 6) is -1.90. The third-order valence-corrected chi connectivity index (χ3v) is 3.45. The first-order valence-corrected chi connectivity index (χ1v) is 6.48. The number of fused-ring (bicyclic) bond motifs is 1. The summed E-state index contributed by atoms with van der Waals surface area (Å²) in [6, 6.07) is 6.92. The minimum Gasteiger partial charge on any atom is -0.303 e. The van der Waals surface area contributed by atoms with Crippen LogP contribution in [0.4, 0.5) is 4.79 Å². The fourth-order valence-corrected chi connectivity index (χ4v) is 2.23. The Morgan fingerprint density at radius 3 is 2.32 bits per heavy atom. The van der Waals surface area contributed by atoms with E-state index in [-0.39, 0.29) is 17.7 Å². The molecule has 5 amide bonds. The molecule has 0 bridgehead atoms. The van der Waals surface area contributed by atoms with Crippen molar-refractivity contribution in [1.82, 2.24) is 15.1 Å². The molecule has 1 aromatic rings. The summed E-state index contributed by atoms with van der Waals surface area (Å²) < 4.78 is 0. The minimum absolute atomic E-state index is 0.238. The normalized spacial score (nSPS) is 18.8. The second kappa shape index (κ2) is 4.96. The molecule has 22 heavy (non-hydrogen) atoms. The zero-order valence-electron chi connectivity index (χ0n) is 11.3. The highest BCUT2D eigenvalue weighted by Gasteiger charge is 2.40. The second-order valence-electron chi connectivity index (χ2n) is 4.89. The van der Waals surface area contributed by atoms with Gasteiger partial charge >= 0.3 is 6.03 Å². The van der Waals surface area contributed by atoms with Crippen molar-refractivity contribution in [1.29, 1.82) is 5.26 Å². The van der Waals surface area contributed by atoms with Gasteiger partial charge < -0.3 is 4.90 Å². The number of carbonyl (C=O) groups excluding carboxylic acids is 4. The predicted molar refractivity (Wildman–Crippen MR) is 71.5 cm³/mol. The van der Waals surface area contributed by atoms with Gasteiger partial charge in [-0.15, -0.1) is 0 Å². The lowest BCUT2D eigenvalue weighted by molar-refractivity contribution is -0.120. The largest absolute Gasteiger partial charge is 0.325 e. The van der Waals surface area contributed by atoms with Crippen molar-refractivity contribution in [2.24, 2.45) is 0 Å². The van der Waals surface area contributed by atoms with Crippen LogP contribution in [0.25, 0.3) is 0 Å². The van der Waals surface area contributed by atoms with Crippen LogP contribution in [0.2, 0.25) is 0 Å². The van der Waals surface area contributed by atoms with Gasteiger partial charge in [-0.2, -0.15) is 5.26 Å². The molecule has 0 aliphatic carbocycles. The van der Waals surface area contributed by atoms with E-state index in [2.05, 4.69) is 5.32 Å². The van der Waals surface area contributed by atoms with Crippen LogP contribution in [0.5, 0.6) is 0 Å². The number of rotatable bonds is 2. The van der Waals surface area contributed by atoms with E-state index < -0.39 is 36.3 Å². The van der Waals surface area contributed by atoms with Gasteiger partial charge in [0.15, 0.2) is 0 Å². The number of hydrogen-bond acceptors (Lipinski definition) is 5. The molecular formula is C14H10N4O4. The summed E-state index contributed by atoms with van der Waals surface area (Å²) in [5, 5.41) is 10.7. The Morgan fingerprint density at radius 1 is 1.23 bits per heavy atom. The van der Waals surface area contributed by atoms with Crippen molar-refractivity contribution < 1.29 is 19.2 Å². The monoisotopic (exact) mass is 298 g/mol. The van der Waals surface area contributed by atoms with E-state index in [0.29, 0.717) is 0 Å². The molecule has 1 atom stereocenters. The van der Waals surface area contributed by atoms with Crippen LogP contribution in [0.15, 0.2) is 24.3 Å². The van der Waals surface area contributed by atoms with Gasteiger partial charge in [0.2, 0.25) is 5.91 Å². The molecule has 8 heteroatoms.